The summed E-state index contributed by atoms with van der Waals surface area (Å²) in [5.41, 5.74) is 2.93. The second kappa shape index (κ2) is 6.42. The second-order valence-corrected chi connectivity index (χ2v) is 6.50. The molecule has 19 heavy (non-hydrogen) atoms. The molecule has 3 heteroatoms. The zero-order chi connectivity index (χ0) is 14.6. The number of amides is 1. The maximum absolute atomic E-state index is 12.4. The van der Waals surface area contributed by atoms with E-state index >= 15 is 0 Å². The summed E-state index contributed by atoms with van der Waals surface area (Å²) in [6, 6.07) is 5.90. The molecule has 0 aliphatic carbocycles. The quantitative estimate of drug-likeness (QED) is 0.828. The van der Waals surface area contributed by atoms with Crippen molar-refractivity contribution in [2.24, 2.45) is 5.41 Å². The summed E-state index contributed by atoms with van der Waals surface area (Å²) >= 11 is 5.84. The van der Waals surface area contributed by atoms with E-state index in [1.807, 2.05) is 32.0 Å². The average Bonchev–Trinajstić information content (AvgIpc) is 2.30. The Balaban J connectivity index is 2.91. The molecule has 0 bridgehead atoms. The molecule has 0 saturated heterocycles. The van der Waals surface area contributed by atoms with Crippen LogP contribution in [0.15, 0.2) is 18.2 Å². The number of rotatable bonds is 4. The number of hydrogen-bond donors (Lipinski definition) is 1. The van der Waals surface area contributed by atoms with E-state index in [9.17, 15) is 4.79 Å². The van der Waals surface area contributed by atoms with Crippen molar-refractivity contribution >= 4 is 17.5 Å². The van der Waals surface area contributed by atoms with E-state index in [2.05, 4.69) is 26.1 Å². The van der Waals surface area contributed by atoms with Gasteiger partial charge in [0.2, 0.25) is 0 Å². The van der Waals surface area contributed by atoms with Gasteiger partial charge in [0.25, 0.3) is 5.91 Å². The molecular weight excluding hydrogens is 258 g/mol. The molecule has 0 aliphatic heterocycles. The lowest BCUT2D eigenvalue weighted by atomic mass is 9.85. The molecular formula is C16H24ClNO. The number of hydrogen-bond acceptors (Lipinski definition) is 1. The molecule has 1 rings (SSSR count). The summed E-state index contributed by atoms with van der Waals surface area (Å²) in [4.78, 5) is 12.4. The van der Waals surface area contributed by atoms with Crippen molar-refractivity contribution in [2.75, 3.05) is 5.88 Å². The van der Waals surface area contributed by atoms with Gasteiger partial charge in [-0.25, -0.2) is 0 Å². The molecule has 1 amide bonds. The Morgan fingerprint density at radius 3 is 2.47 bits per heavy atom. The van der Waals surface area contributed by atoms with Crippen LogP contribution in [0, 0.1) is 19.3 Å². The van der Waals surface area contributed by atoms with Crippen LogP contribution in [-0.4, -0.2) is 17.8 Å². The molecule has 1 aromatic rings. The van der Waals surface area contributed by atoms with Crippen molar-refractivity contribution in [2.45, 2.75) is 47.1 Å². The van der Waals surface area contributed by atoms with Crippen LogP contribution in [0.4, 0.5) is 0 Å². The number of nitrogens with one attached hydrogen (secondary N) is 1. The van der Waals surface area contributed by atoms with Crippen molar-refractivity contribution in [1.82, 2.24) is 5.32 Å². The van der Waals surface area contributed by atoms with Gasteiger partial charge in [0.1, 0.15) is 0 Å². The van der Waals surface area contributed by atoms with Crippen molar-refractivity contribution in [3.8, 4) is 0 Å². The van der Waals surface area contributed by atoms with Crippen LogP contribution >= 0.6 is 11.6 Å². The molecule has 0 saturated carbocycles. The fourth-order valence-electron chi connectivity index (χ4n) is 2.06. The zero-order valence-corrected chi connectivity index (χ0v) is 13.3. The highest BCUT2D eigenvalue weighted by atomic mass is 35.5. The van der Waals surface area contributed by atoms with E-state index in [-0.39, 0.29) is 17.4 Å². The van der Waals surface area contributed by atoms with Gasteiger partial charge in [-0.2, -0.15) is 0 Å². The first kappa shape index (κ1) is 16.0. The van der Waals surface area contributed by atoms with Gasteiger partial charge in [-0.3, -0.25) is 4.79 Å². The van der Waals surface area contributed by atoms with Gasteiger partial charge in [0.05, 0.1) is 0 Å². The number of alkyl halides is 1. The number of carbonyl (C=O) groups is 1. The third-order valence-corrected chi connectivity index (χ3v) is 3.82. The third-order valence-electron chi connectivity index (χ3n) is 3.60. The van der Waals surface area contributed by atoms with Gasteiger partial charge >= 0.3 is 0 Å². The lowest BCUT2D eigenvalue weighted by Gasteiger charge is -2.31. The fraction of sp³-hybridized carbons (Fsp3) is 0.562. The highest BCUT2D eigenvalue weighted by Crippen LogP contribution is 2.23. The van der Waals surface area contributed by atoms with Crippen LogP contribution < -0.4 is 5.32 Å². The van der Waals surface area contributed by atoms with E-state index < -0.39 is 0 Å². The van der Waals surface area contributed by atoms with Crippen LogP contribution in [0.3, 0.4) is 0 Å². The monoisotopic (exact) mass is 281 g/mol. The topological polar surface area (TPSA) is 29.1 Å². The smallest absolute Gasteiger partial charge is 0.251 e. The van der Waals surface area contributed by atoms with Gasteiger partial charge in [-0.15, -0.1) is 11.6 Å². The lowest BCUT2D eigenvalue weighted by molar-refractivity contribution is 0.0899. The number of aryl methyl sites for hydroxylation is 1. The summed E-state index contributed by atoms with van der Waals surface area (Å²) < 4.78 is 0. The van der Waals surface area contributed by atoms with E-state index in [1.54, 1.807) is 0 Å². The van der Waals surface area contributed by atoms with Gasteiger partial charge in [0.15, 0.2) is 0 Å². The summed E-state index contributed by atoms with van der Waals surface area (Å²) in [7, 11) is 0. The van der Waals surface area contributed by atoms with Gasteiger partial charge < -0.3 is 5.32 Å². The van der Waals surface area contributed by atoms with Crippen molar-refractivity contribution < 1.29 is 4.79 Å². The molecule has 0 spiro atoms. The molecule has 0 aromatic heterocycles. The summed E-state index contributed by atoms with van der Waals surface area (Å²) in [5, 5.41) is 3.12. The normalized spacial score (nSPS) is 13.2. The van der Waals surface area contributed by atoms with E-state index in [0.717, 1.165) is 23.1 Å². The van der Waals surface area contributed by atoms with E-state index in [4.69, 9.17) is 11.6 Å². The third kappa shape index (κ3) is 4.24. The standard InChI is InChI=1S/C16H24ClNO/c1-11-7-6-8-13(12(11)2)15(19)18-14(9-10-17)16(3,4)5/h6-8,14H,9-10H2,1-5H3,(H,18,19). The van der Waals surface area contributed by atoms with E-state index in [1.165, 1.54) is 0 Å². The maximum Gasteiger partial charge on any atom is 0.251 e. The van der Waals surface area contributed by atoms with Gasteiger partial charge in [0, 0.05) is 17.5 Å². The van der Waals surface area contributed by atoms with Crippen LogP contribution in [0.2, 0.25) is 0 Å². The SMILES string of the molecule is Cc1cccc(C(=O)NC(CCCl)C(C)(C)C)c1C. The van der Waals surface area contributed by atoms with Crippen molar-refractivity contribution in [1.29, 1.82) is 0 Å². The van der Waals surface area contributed by atoms with E-state index in [0.29, 0.717) is 5.88 Å². The van der Waals surface area contributed by atoms with Gasteiger partial charge in [-0.05, 0) is 42.9 Å². The highest BCUT2D eigenvalue weighted by molar-refractivity contribution is 6.17. The number of halogens is 1. The minimum absolute atomic E-state index is 0.00226. The molecule has 1 unspecified atom stereocenters. The van der Waals surface area contributed by atoms with Crippen LogP contribution in [0.5, 0.6) is 0 Å². The summed E-state index contributed by atoms with van der Waals surface area (Å²) in [6.45, 7) is 10.4. The second-order valence-electron chi connectivity index (χ2n) is 6.12. The molecule has 2 nitrogen and oxygen atoms in total. The first-order valence-electron chi connectivity index (χ1n) is 6.70. The zero-order valence-electron chi connectivity index (χ0n) is 12.5. The fourth-order valence-corrected chi connectivity index (χ4v) is 2.28. The summed E-state index contributed by atoms with van der Waals surface area (Å²) in [6.07, 6.45) is 0.779. The minimum Gasteiger partial charge on any atom is -0.349 e. The Kier molecular flexibility index (Phi) is 5.42. The minimum atomic E-state index is -0.00811. The Morgan fingerprint density at radius 2 is 1.95 bits per heavy atom. The largest absolute Gasteiger partial charge is 0.349 e. The molecule has 0 aliphatic rings. The highest BCUT2D eigenvalue weighted by Gasteiger charge is 2.26. The Hall–Kier alpha value is -1.02. The average molecular weight is 282 g/mol. The van der Waals surface area contributed by atoms with Crippen LogP contribution in [0.25, 0.3) is 0 Å². The molecule has 1 aromatic carbocycles. The number of carbonyl (C=O) groups excluding carboxylic acids is 1. The first-order valence-corrected chi connectivity index (χ1v) is 7.24. The Morgan fingerprint density at radius 1 is 1.32 bits per heavy atom. The van der Waals surface area contributed by atoms with Crippen LogP contribution in [-0.2, 0) is 0 Å². The Labute approximate surface area is 121 Å². The van der Waals surface area contributed by atoms with Crippen molar-refractivity contribution in [3.63, 3.8) is 0 Å². The molecule has 1 N–H and O–H groups in total. The number of benzene rings is 1. The van der Waals surface area contributed by atoms with Crippen LogP contribution in [0.1, 0.15) is 48.7 Å². The maximum atomic E-state index is 12.4. The lowest BCUT2D eigenvalue weighted by Crippen LogP contribution is -2.44. The predicted octanol–water partition coefficient (Wildman–Crippen LogP) is 4.08. The molecule has 0 heterocycles. The molecule has 1 atom stereocenters. The van der Waals surface area contributed by atoms with Crippen molar-refractivity contribution in [3.05, 3.63) is 34.9 Å². The van der Waals surface area contributed by atoms with Gasteiger partial charge in [-0.1, -0.05) is 32.9 Å². The summed E-state index contributed by atoms with van der Waals surface area (Å²) in [5.74, 6) is 0.543. The first-order chi connectivity index (χ1) is 8.77. The predicted molar refractivity (Wildman–Crippen MR) is 82.0 cm³/mol. The Bertz CT molecular complexity index is 449. The molecule has 106 valence electrons. The molecule has 0 fully saturated rings. The molecule has 0 radical (unpaired) electrons.